The molecule has 1 atom stereocenters. The van der Waals surface area contributed by atoms with E-state index >= 15 is 0 Å². The van der Waals surface area contributed by atoms with Crippen molar-refractivity contribution in [1.82, 2.24) is 5.32 Å². The highest BCUT2D eigenvalue weighted by atomic mass is 79.9. The lowest BCUT2D eigenvalue weighted by Crippen LogP contribution is -2.23. The number of rotatable bonds is 5. The summed E-state index contributed by atoms with van der Waals surface area (Å²) in [5.74, 6) is -0.217. The summed E-state index contributed by atoms with van der Waals surface area (Å²) in [6.45, 7) is 2.90. The van der Waals surface area contributed by atoms with E-state index in [4.69, 9.17) is 0 Å². The molecule has 0 radical (unpaired) electrons. The predicted octanol–water partition coefficient (Wildman–Crippen LogP) is 5.31. The molecule has 1 aromatic carbocycles. The van der Waals surface area contributed by atoms with Crippen LogP contribution in [0.5, 0.6) is 0 Å². The van der Waals surface area contributed by atoms with E-state index in [2.05, 4.69) is 49.5 Å². The summed E-state index contributed by atoms with van der Waals surface area (Å²) in [5, 5.41) is 5.48. The third-order valence-electron chi connectivity index (χ3n) is 2.89. The van der Waals surface area contributed by atoms with Gasteiger partial charge in [0, 0.05) is 21.8 Å². The summed E-state index contributed by atoms with van der Waals surface area (Å²) >= 11 is 8.61. The molecule has 0 saturated carbocycles. The molecule has 0 saturated heterocycles. The third-order valence-corrected chi connectivity index (χ3v) is 5.67. The van der Waals surface area contributed by atoms with Gasteiger partial charge in [0.2, 0.25) is 0 Å². The first kappa shape index (κ1) is 15.2. The second-order valence-electron chi connectivity index (χ2n) is 4.15. The van der Waals surface area contributed by atoms with E-state index < -0.39 is 0 Å². The molecule has 0 spiro atoms. The van der Waals surface area contributed by atoms with E-state index in [0.717, 1.165) is 23.0 Å². The first-order valence-corrected chi connectivity index (χ1v) is 8.49. The normalized spacial score (nSPS) is 12.6. The Kier molecular flexibility index (Phi) is 5.57. The van der Waals surface area contributed by atoms with Crippen molar-refractivity contribution < 1.29 is 4.39 Å². The molecule has 19 heavy (non-hydrogen) atoms. The number of nitrogens with one attached hydrogen (secondary N) is 1. The molecule has 1 nitrogen and oxygen atoms in total. The highest BCUT2D eigenvalue weighted by molar-refractivity contribution is 9.10. The van der Waals surface area contributed by atoms with Crippen molar-refractivity contribution in [2.45, 2.75) is 19.4 Å². The van der Waals surface area contributed by atoms with Crippen LogP contribution in [0, 0.1) is 5.82 Å². The molecule has 5 heteroatoms. The Morgan fingerprint density at radius 3 is 2.74 bits per heavy atom. The summed E-state index contributed by atoms with van der Waals surface area (Å²) in [6, 6.07) is 7.33. The van der Waals surface area contributed by atoms with E-state index in [9.17, 15) is 4.39 Å². The fraction of sp³-hybridized carbons (Fsp3) is 0.286. The van der Waals surface area contributed by atoms with Crippen LogP contribution in [-0.2, 0) is 6.42 Å². The molecule has 0 amide bonds. The van der Waals surface area contributed by atoms with Crippen LogP contribution in [0.2, 0.25) is 0 Å². The fourth-order valence-electron chi connectivity index (χ4n) is 1.98. The van der Waals surface area contributed by atoms with Crippen molar-refractivity contribution in [2.75, 3.05) is 6.54 Å². The number of likely N-dealkylation sites (N-methyl/N-ethyl adjacent to an activating group) is 1. The van der Waals surface area contributed by atoms with Gasteiger partial charge < -0.3 is 5.32 Å². The van der Waals surface area contributed by atoms with Gasteiger partial charge >= 0.3 is 0 Å². The molecule has 0 aliphatic rings. The van der Waals surface area contributed by atoms with E-state index in [-0.39, 0.29) is 11.9 Å². The SMILES string of the molecule is CCNC(Cc1sccc1Br)c1cccc(F)c1Br. The second-order valence-corrected chi connectivity index (χ2v) is 6.80. The van der Waals surface area contributed by atoms with Crippen LogP contribution < -0.4 is 5.32 Å². The molecule has 1 heterocycles. The smallest absolute Gasteiger partial charge is 0.137 e. The number of halogens is 3. The second kappa shape index (κ2) is 6.97. The van der Waals surface area contributed by atoms with Gasteiger partial charge in [0.1, 0.15) is 5.82 Å². The van der Waals surface area contributed by atoms with Gasteiger partial charge in [-0.25, -0.2) is 4.39 Å². The Morgan fingerprint density at radius 1 is 1.32 bits per heavy atom. The van der Waals surface area contributed by atoms with Crippen LogP contribution in [0.25, 0.3) is 0 Å². The Balaban J connectivity index is 2.29. The number of benzene rings is 1. The maximum absolute atomic E-state index is 13.7. The van der Waals surface area contributed by atoms with Crippen LogP contribution >= 0.6 is 43.2 Å². The van der Waals surface area contributed by atoms with E-state index in [1.54, 1.807) is 17.4 Å². The zero-order chi connectivity index (χ0) is 13.8. The Labute approximate surface area is 133 Å². The van der Waals surface area contributed by atoms with Gasteiger partial charge in [-0.3, -0.25) is 0 Å². The van der Waals surface area contributed by atoms with Crippen LogP contribution in [-0.4, -0.2) is 6.54 Å². The molecule has 2 rings (SSSR count). The van der Waals surface area contributed by atoms with Gasteiger partial charge in [-0.1, -0.05) is 19.1 Å². The maximum atomic E-state index is 13.7. The minimum Gasteiger partial charge on any atom is -0.310 e. The van der Waals surface area contributed by atoms with E-state index in [1.165, 1.54) is 10.9 Å². The van der Waals surface area contributed by atoms with Crippen LogP contribution in [0.1, 0.15) is 23.4 Å². The standard InChI is InChI=1S/C14H14Br2FNS/c1-2-18-12(8-13-10(15)6-7-19-13)9-4-3-5-11(17)14(9)16/h3-7,12,18H,2,8H2,1H3. The van der Waals surface area contributed by atoms with Crippen molar-refractivity contribution in [3.8, 4) is 0 Å². The first-order chi connectivity index (χ1) is 9.13. The lowest BCUT2D eigenvalue weighted by molar-refractivity contribution is 0.541. The molecule has 0 bridgehead atoms. The van der Waals surface area contributed by atoms with E-state index in [0.29, 0.717) is 4.47 Å². The molecule has 0 aliphatic heterocycles. The average Bonchev–Trinajstić information content (AvgIpc) is 2.78. The molecule has 1 aromatic heterocycles. The fourth-order valence-corrected chi connectivity index (χ4v) is 4.09. The lowest BCUT2D eigenvalue weighted by Gasteiger charge is -2.19. The minimum absolute atomic E-state index is 0.102. The summed E-state index contributed by atoms with van der Waals surface area (Å²) in [6.07, 6.45) is 0.841. The number of hydrogen-bond donors (Lipinski definition) is 1. The largest absolute Gasteiger partial charge is 0.310 e. The van der Waals surface area contributed by atoms with Crippen molar-refractivity contribution in [1.29, 1.82) is 0 Å². The zero-order valence-electron chi connectivity index (χ0n) is 10.4. The highest BCUT2D eigenvalue weighted by Gasteiger charge is 2.18. The summed E-state index contributed by atoms with van der Waals surface area (Å²) in [5.41, 5.74) is 0.960. The quantitative estimate of drug-likeness (QED) is 0.709. The lowest BCUT2D eigenvalue weighted by atomic mass is 10.0. The molecular weight excluding hydrogens is 393 g/mol. The zero-order valence-corrected chi connectivity index (χ0v) is 14.4. The molecule has 102 valence electrons. The van der Waals surface area contributed by atoms with E-state index in [1.807, 2.05) is 12.1 Å². The molecule has 1 N–H and O–H groups in total. The van der Waals surface area contributed by atoms with Gasteiger partial charge in [-0.15, -0.1) is 11.3 Å². The summed E-state index contributed by atoms with van der Waals surface area (Å²) in [7, 11) is 0. The van der Waals surface area contributed by atoms with Crippen molar-refractivity contribution in [3.05, 3.63) is 54.8 Å². The topological polar surface area (TPSA) is 12.0 Å². The molecule has 0 fully saturated rings. The van der Waals surface area contributed by atoms with Gasteiger partial charge in [-0.2, -0.15) is 0 Å². The Bertz CT molecular complexity index is 556. The minimum atomic E-state index is -0.217. The van der Waals surface area contributed by atoms with Gasteiger partial charge in [0.15, 0.2) is 0 Å². The van der Waals surface area contributed by atoms with Crippen molar-refractivity contribution in [2.24, 2.45) is 0 Å². The van der Waals surface area contributed by atoms with Gasteiger partial charge in [0.05, 0.1) is 4.47 Å². The molecule has 1 unspecified atom stereocenters. The van der Waals surface area contributed by atoms with Crippen molar-refractivity contribution in [3.63, 3.8) is 0 Å². The van der Waals surface area contributed by atoms with Gasteiger partial charge in [-0.05, 0) is 61.5 Å². The number of thiophene rings is 1. The molecule has 0 aliphatic carbocycles. The van der Waals surface area contributed by atoms with Crippen LogP contribution in [0.4, 0.5) is 4.39 Å². The monoisotopic (exact) mass is 405 g/mol. The molecule has 2 aromatic rings. The van der Waals surface area contributed by atoms with Crippen LogP contribution in [0.15, 0.2) is 38.6 Å². The van der Waals surface area contributed by atoms with Crippen molar-refractivity contribution >= 4 is 43.2 Å². The van der Waals surface area contributed by atoms with Crippen LogP contribution in [0.3, 0.4) is 0 Å². The third kappa shape index (κ3) is 3.66. The predicted molar refractivity (Wildman–Crippen MR) is 86.2 cm³/mol. The Hall–Kier alpha value is -0.230. The summed E-state index contributed by atoms with van der Waals surface area (Å²) in [4.78, 5) is 1.27. The van der Waals surface area contributed by atoms with Gasteiger partial charge in [0.25, 0.3) is 0 Å². The summed E-state index contributed by atoms with van der Waals surface area (Å²) < 4.78 is 15.3. The number of hydrogen-bond acceptors (Lipinski definition) is 2. The molecular formula is C14H14Br2FNS. The maximum Gasteiger partial charge on any atom is 0.137 e. The Morgan fingerprint density at radius 2 is 2.11 bits per heavy atom. The first-order valence-electron chi connectivity index (χ1n) is 6.02. The highest BCUT2D eigenvalue weighted by Crippen LogP contribution is 2.32. The average molecular weight is 407 g/mol.